The number of nitrogens with one attached hydrogen (secondary N) is 2. The Hall–Kier alpha value is -1.73. The van der Waals surface area contributed by atoms with Crippen LogP contribution in [0.5, 0.6) is 0 Å². The van der Waals surface area contributed by atoms with Crippen LogP contribution in [0.3, 0.4) is 0 Å². The van der Waals surface area contributed by atoms with Crippen molar-refractivity contribution < 1.29 is 4.79 Å². The third kappa shape index (κ3) is 4.34. The number of halogens is 2. The molecule has 1 heterocycles. The van der Waals surface area contributed by atoms with E-state index in [9.17, 15) is 4.79 Å². The molecule has 34 heavy (non-hydrogen) atoms. The maximum Gasteiger partial charge on any atom is 0.226 e. The van der Waals surface area contributed by atoms with E-state index in [2.05, 4.69) is 10.6 Å². The maximum absolute atomic E-state index is 13.0. The van der Waals surface area contributed by atoms with Gasteiger partial charge in [0.25, 0.3) is 0 Å². The summed E-state index contributed by atoms with van der Waals surface area (Å²) in [5.74, 6) is 2.43. The lowest BCUT2D eigenvalue weighted by molar-refractivity contribution is -0.127. The summed E-state index contributed by atoms with van der Waals surface area (Å²) in [7, 11) is 0. The molecule has 2 N–H and O–H groups in total. The van der Waals surface area contributed by atoms with E-state index in [1.807, 2.05) is 30.3 Å². The molecule has 3 aromatic rings. The largest absolute Gasteiger partial charge is 0.331 e. The summed E-state index contributed by atoms with van der Waals surface area (Å²) in [6, 6.07) is 11.5. The van der Waals surface area contributed by atoms with E-state index in [4.69, 9.17) is 40.4 Å². The van der Waals surface area contributed by atoms with Crippen LogP contribution in [-0.4, -0.2) is 16.0 Å². The number of aromatic nitrogens is 1. The second-order valence-corrected chi connectivity index (χ2v) is 12.7. The Labute approximate surface area is 218 Å². The number of amides is 1. The van der Waals surface area contributed by atoms with Gasteiger partial charge in [0, 0.05) is 17.0 Å². The number of thiazole rings is 1. The zero-order chi connectivity index (χ0) is 23.4. The molecule has 1 aromatic heterocycles. The number of hydrogen-bond acceptors (Lipinski definition) is 4. The van der Waals surface area contributed by atoms with Gasteiger partial charge in [-0.2, -0.15) is 0 Å². The first-order valence-corrected chi connectivity index (χ1v) is 13.8. The number of fused-ring (bicyclic) bond motifs is 1. The highest BCUT2D eigenvalue weighted by Crippen LogP contribution is 2.61. The molecule has 7 rings (SSSR count). The molecule has 0 aliphatic heterocycles. The van der Waals surface area contributed by atoms with Gasteiger partial charge in [0.1, 0.15) is 5.01 Å². The molecule has 0 radical (unpaired) electrons. The van der Waals surface area contributed by atoms with E-state index in [1.165, 1.54) is 38.5 Å². The van der Waals surface area contributed by atoms with Gasteiger partial charge in [0.2, 0.25) is 5.91 Å². The molecule has 0 unspecified atom stereocenters. The molecule has 176 valence electrons. The van der Waals surface area contributed by atoms with Gasteiger partial charge in [0.05, 0.1) is 20.9 Å². The van der Waals surface area contributed by atoms with Crippen molar-refractivity contribution in [1.29, 1.82) is 0 Å². The van der Waals surface area contributed by atoms with E-state index < -0.39 is 0 Å². The Morgan fingerprint density at radius 1 is 1.09 bits per heavy atom. The normalized spacial score (nSPS) is 27.2. The van der Waals surface area contributed by atoms with Gasteiger partial charge in [-0.1, -0.05) is 35.3 Å². The highest BCUT2D eigenvalue weighted by atomic mass is 35.5. The first kappa shape index (κ1) is 22.7. The van der Waals surface area contributed by atoms with Crippen LogP contribution in [0.1, 0.15) is 44.9 Å². The maximum atomic E-state index is 13.0. The summed E-state index contributed by atoms with van der Waals surface area (Å²) in [6.07, 6.45) is 8.23. The molecule has 0 saturated heterocycles. The second-order valence-electron chi connectivity index (χ2n) is 10.4. The van der Waals surface area contributed by atoms with Gasteiger partial charge in [-0.3, -0.25) is 4.79 Å². The summed E-state index contributed by atoms with van der Waals surface area (Å²) in [5.41, 5.74) is 2.44. The number of nitrogens with zero attached hydrogens (tertiary/aromatic N) is 1. The van der Waals surface area contributed by atoms with Crippen molar-refractivity contribution in [2.45, 2.75) is 44.9 Å². The third-order valence-corrected chi connectivity index (χ3v) is 9.56. The lowest BCUT2D eigenvalue weighted by Gasteiger charge is -2.56. The van der Waals surface area contributed by atoms with Crippen molar-refractivity contribution in [1.82, 2.24) is 10.3 Å². The molecule has 4 fully saturated rings. The van der Waals surface area contributed by atoms with Crippen LogP contribution < -0.4 is 10.6 Å². The van der Waals surface area contributed by atoms with Crippen LogP contribution in [0.15, 0.2) is 36.4 Å². The number of carbonyl (C=O) groups excluding carboxylic acids is 1. The number of para-hydroxylation sites is 1. The number of anilines is 1. The molecule has 4 saturated carbocycles. The first-order chi connectivity index (χ1) is 16.4. The van der Waals surface area contributed by atoms with Gasteiger partial charge in [-0.25, -0.2) is 4.98 Å². The molecule has 4 bridgehead atoms. The number of carbonyl (C=O) groups is 1. The standard InChI is InChI=1S/C26H25Cl2N3OS2/c27-17-8-18(24-29-20-3-1-2-4-21(20)34-24)23(19(28)9-17)31-25(33)30-22(32)13-26-10-14-5-15(11-26)7-16(6-14)12-26/h1-4,8-9,14-16H,5-7,10-13H2,(H2,30,31,32,33). The quantitative estimate of drug-likeness (QED) is 0.340. The molecular formula is C26H25Cl2N3OS2. The summed E-state index contributed by atoms with van der Waals surface area (Å²) < 4.78 is 1.08. The minimum atomic E-state index is -0.00827. The minimum absolute atomic E-state index is 0.00827. The molecule has 0 spiro atoms. The average Bonchev–Trinajstić information content (AvgIpc) is 3.18. The Morgan fingerprint density at radius 3 is 2.44 bits per heavy atom. The summed E-state index contributed by atoms with van der Waals surface area (Å²) in [5, 5.41) is 8.07. The molecule has 8 heteroatoms. The minimum Gasteiger partial charge on any atom is -0.331 e. The van der Waals surface area contributed by atoms with E-state index in [-0.39, 0.29) is 16.4 Å². The van der Waals surface area contributed by atoms with Crippen LogP contribution in [-0.2, 0) is 4.79 Å². The fourth-order valence-electron chi connectivity index (χ4n) is 7.02. The first-order valence-electron chi connectivity index (χ1n) is 11.8. The monoisotopic (exact) mass is 529 g/mol. The highest BCUT2D eigenvalue weighted by Gasteiger charge is 2.51. The van der Waals surface area contributed by atoms with Crippen molar-refractivity contribution >= 4 is 73.7 Å². The molecule has 4 aliphatic carbocycles. The predicted octanol–water partition coefficient (Wildman–Crippen LogP) is 7.69. The number of rotatable bonds is 4. The fourth-order valence-corrected chi connectivity index (χ4v) is 8.76. The zero-order valence-corrected chi connectivity index (χ0v) is 21.7. The van der Waals surface area contributed by atoms with E-state index in [1.54, 1.807) is 17.4 Å². The highest BCUT2D eigenvalue weighted by molar-refractivity contribution is 7.80. The topological polar surface area (TPSA) is 54.0 Å². The van der Waals surface area contributed by atoms with E-state index in [0.717, 1.165) is 38.5 Å². The second kappa shape index (κ2) is 8.74. The summed E-state index contributed by atoms with van der Waals surface area (Å²) in [6.45, 7) is 0. The Bertz CT molecular complexity index is 1240. The van der Waals surface area contributed by atoms with Crippen molar-refractivity contribution in [2.24, 2.45) is 23.2 Å². The lowest BCUT2D eigenvalue weighted by atomic mass is 9.49. The third-order valence-electron chi connectivity index (χ3n) is 7.77. The van der Waals surface area contributed by atoms with Crippen LogP contribution in [0.25, 0.3) is 20.8 Å². The van der Waals surface area contributed by atoms with Crippen LogP contribution in [0.4, 0.5) is 5.69 Å². The Morgan fingerprint density at radius 2 is 1.76 bits per heavy atom. The Kier molecular flexibility index (Phi) is 5.84. The van der Waals surface area contributed by atoms with Crippen molar-refractivity contribution in [2.75, 3.05) is 5.32 Å². The predicted molar refractivity (Wildman–Crippen MR) is 145 cm³/mol. The lowest BCUT2D eigenvalue weighted by Crippen LogP contribution is -2.48. The molecule has 1 amide bonds. The van der Waals surface area contributed by atoms with Gasteiger partial charge >= 0.3 is 0 Å². The number of thiocarbonyl (C=S) groups is 1. The summed E-state index contributed by atoms with van der Waals surface area (Å²) >= 11 is 20.0. The van der Waals surface area contributed by atoms with Crippen molar-refractivity contribution in [3.05, 3.63) is 46.4 Å². The van der Waals surface area contributed by atoms with Gasteiger partial charge in [-0.05, 0) is 98.2 Å². The van der Waals surface area contributed by atoms with E-state index >= 15 is 0 Å². The van der Waals surface area contributed by atoms with Crippen LogP contribution in [0.2, 0.25) is 10.0 Å². The summed E-state index contributed by atoms with van der Waals surface area (Å²) in [4.78, 5) is 17.8. The van der Waals surface area contributed by atoms with Crippen molar-refractivity contribution in [3.8, 4) is 10.6 Å². The Balaban J connectivity index is 1.19. The number of benzene rings is 2. The van der Waals surface area contributed by atoms with Gasteiger partial charge in [0.15, 0.2) is 5.11 Å². The van der Waals surface area contributed by atoms with Crippen LogP contribution >= 0.6 is 46.8 Å². The molecular weight excluding hydrogens is 505 g/mol. The van der Waals surface area contributed by atoms with E-state index in [0.29, 0.717) is 22.2 Å². The van der Waals surface area contributed by atoms with Crippen molar-refractivity contribution in [3.63, 3.8) is 0 Å². The van der Waals surface area contributed by atoms with Crippen LogP contribution in [0, 0.1) is 23.2 Å². The fraction of sp³-hybridized carbons (Fsp3) is 0.423. The molecule has 0 atom stereocenters. The smallest absolute Gasteiger partial charge is 0.226 e. The molecule has 4 aliphatic rings. The van der Waals surface area contributed by atoms with Gasteiger partial charge < -0.3 is 10.6 Å². The zero-order valence-electron chi connectivity index (χ0n) is 18.6. The molecule has 2 aromatic carbocycles. The average molecular weight is 531 g/mol. The number of hydrogen-bond donors (Lipinski definition) is 2. The van der Waals surface area contributed by atoms with Gasteiger partial charge in [-0.15, -0.1) is 11.3 Å². The SMILES string of the molecule is O=C(CC12CC3CC(CC(C3)C1)C2)NC(=S)Nc1c(Cl)cc(Cl)cc1-c1nc2ccccc2s1. The molecule has 4 nitrogen and oxygen atoms in total.